The van der Waals surface area contributed by atoms with E-state index >= 15 is 0 Å². The predicted octanol–water partition coefficient (Wildman–Crippen LogP) is 2.59. The largest absolute Gasteiger partial charge is 0.444 e. The lowest BCUT2D eigenvalue weighted by atomic mass is 9.91. The zero-order valence-electron chi connectivity index (χ0n) is 13.3. The number of carbonyl (C=O) groups is 2. The second-order valence-electron chi connectivity index (χ2n) is 6.86. The highest BCUT2D eigenvalue weighted by Crippen LogP contribution is 2.19. The van der Waals surface area contributed by atoms with Gasteiger partial charge in [-0.3, -0.25) is 4.79 Å². The zero-order chi connectivity index (χ0) is 15.3. The molecule has 0 radical (unpaired) electrons. The van der Waals surface area contributed by atoms with Crippen LogP contribution in [0.5, 0.6) is 0 Å². The highest BCUT2D eigenvalue weighted by Gasteiger charge is 2.25. The Hall–Kier alpha value is -1.26. The molecule has 116 valence electrons. The number of hydrogen-bond acceptors (Lipinski definition) is 3. The molecule has 0 aromatic carbocycles. The fourth-order valence-corrected chi connectivity index (χ4v) is 2.22. The molecule has 1 saturated carbocycles. The summed E-state index contributed by atoms with van der Waals surface area (Å²) in [7, 11) is 0. The van der Waals surface area contributed by atoms with Gasteiger partial charge in [0, 0.05) is 18.0 Å². The summed E-state index contributed by atoms with van der Waals surface area (Å²) >= 11 is 0. The van der Waals surface area contributed by atoms with Gasteiger partial charge in [0.2, 0.25) is 5.91 Å². The Morgan fingerprint density at radius 2 is 1.45 bits per heavy atom. The maximum Gasteiger partial charge on any atom is 0.407 e. The average Bonchev–Trinajstić information content (AvgIpc) is 2.28. The minimum atomic E-state index is -0.466. The number of amides is 2. The molecule has 5 nitrogen and oxygen atoms in total. The van der Waals surface area contributed by atoms with Crippen LogP contribution >= 0.6 is 0 Å². The van der Waals surface area contributed by atoms with Crippen LogP contribution in [0.3, 0.4) is 0 Å². The Labute approximate surface area is 121 Å². The standard InChI is InChI=1S/C15H28N2O3/c1-10(2)13(18)16-11-6-8-12(9-7-11)17-14(19)20-15(3,4)5/h10-12H,6-9H2,1-5H3,(H,16,18)(H,17,19). The number of nitrogens with one attached hydrogen (secondary N) is 2. The first-order valence-electron chi connectivity index (χ1n) is 7.47. The van der Waals surface area contributed by atoms with Crippen LogP contribution in [0.4, 0.5) is 4.79 Å². The van der Waals surface area contributed by atoms with Crippen LogP contribution in [0.15, 0.2) is 0 Å². The SMILES string of the molecule is CC(C)C(=O)NC1CCC(NC(=O)OC(C)(C)C)CC1. The molecule has 5 heteroatoms. The molecular weight excluding hydrogens is 256 g/mol. The van der Waals surface area contributed by atoms with E-state index < -0.39 is 5.60 Å². The Balaban J connectivity index is 2.29. The molecule has 0 spiro atoms. The third-order valence-corrected chi connectivity index (χ3v) is 3.32. The van der Waals surface area contributed by atoms with Crippen molar-refractivity contribution in [3.8, 4) is 0 Å². The molecule has 1 fully saturated rings. The maximum absolute atomic E-state index is 11.7. The summed E-state index contributed by atoms with van der Waals surface area (Å²) in [5, 5.41) is 5.95. The van der Waals surface area contributed by atoms with E-state index in [1.165, 1.54) is 0 Å². The minimum absolute atomic E-state index is 0.0209. The van der Waals surface area contributed by atoms with Crippen LogP contribution in [-0.4, -0.2) is 29.7 Å². The van der Waals surface area contributed by atoms with E-state index in [2.05, 4.69) is 10.6 Å². The summed E-state index contributed by atoms with van der Waals surface area (Å²) in [5.74, 6) is 0.126. The van der Waals surface area contributed by atoms with Crippen molar-refractivity contribution in [2.45, 2.75) is 78.0 Å². The highest BCUT2D eigenvalue weighted by atomic mass is 16.6. The van der Waals surface area contributed by atoms with Gasteiger partial charge in [0.25, 0.3) is 0 Å². The van der Waals surface area contributed by atoms with Crippen molar-refractivity contribution in [3.63, 3.8) is 0 Å². The maximum atomic E-state index is 11.7. The molecular formula is C15H28N2O3. The van der Waals surface area contributed by atoms with Crippen molar-refractivity contribution in [3.05, 3.63) is 0 Å². The number of ether oxygens (including phenoxy) is 1. The Morgan fingerprint density at radius 3 is 1.85 bits per heavy atom. The van der Waals surface area contributed by atoms with Crippen LogP contribution < -0.4 is 10.6 Å². The topological polar surface area (TPSA) is 67.4 Å². The van der Waals surface area contributed by atoms with Gasteiger partial charge < -0.3 is 15.4 Å². The normalized spacial score (nSPS) is 23.3. The van der Waals surface area contributed by atoms with E-state index in [0.29, 0.717) is 0 Å². The first-order valence-corrected chi connectivity index (χ1v) is 7.47. The first kappa shape index (κ1) is 16.8. The smallest absolute Gasteiger partial charge is 0.407 e. The van der Waals surface area contributed by atoms with Gasteiger partial charge in [-0.1, -0.05) is 13.8 Å². The Kier molecular flexibility index (Phi) is 5.84. The van der Waals surface area contributed by atoms with Gasteiger partial charge in [-0.2, -0.15) is 0 Å². The molecule has 1 aliphatic carbocycles. The van der Waals surface area contributed by atoms with Crippen molar-refractivity contribution in [2.75, 3.05) is 0 Å². The lowest BCUT2D eigenvalue weighted by Crippen LogP contribution is -2.45. The minimum Gasteiger partial charge on any atom is -0.444 e. The number of hydrogen-bond donors (Lipinski definition) is 2. The number of carbonyl (C=O) groups excluding carboxylic acids is 2. The van der Waals surface area contributed by atoms with Crippen molar-refractivity contribution in [2.24, 2.45) is 5.92 Å². The average molecular weight is 284 g/mol. The molecule has 0 aliphatic heterocycles. The van der Waals surface area contributed by atoms with Gasteiger partial charge in [0.1, 0.15) is 5.60 Å². The quantitative estimate of drug-likeness (QED) is 0.837. The molecule has 0 aromatic heterocycles. The number of rotatable bonds is 3. The molecule has 0 saturated heterocycles. The van der Waals surface area contributed by atoms with E-state index in [4.69, 9.17) is 4.74 Å². The molecule has 20 heavy (non-hydrogen) atoms. The molecule has 0 aromatic rings. The zero-order valence-corrected chi connectivity index (χ0v) is 13.3. The van der Waals surface area contributed by atoms with Crippen molar-refractivity contribution in [1.29, 1.82) is 0 Å². The molecule has 0 atom stereocenters. The van der Waals surface area contributed by atoms with Gasteiger partial charge in [-0.25, -0.2) is 4.79 Å². The molecule has 2 amide bonds. The van der Waals surface area contributed by atoms with Crippen molar-refractivity contribution < 1.29 is 14.3 Å². The molecule has 1 rings (SSSR count). The fourth-order valence-electron chi connectivity index (χ4n) is 2.22. The summed E-state index contributed by atoms with van der Waals surface area (Å²) in [6.45, 7) is 9.34. The Morgan fingerprint density at radius 1 is 1.00 bits per heavy atom. The van der Waals surface area contributed by atoms with Gasteiger partial charge >= 0.3 is 6.09 Å². The summed E-state index contributed by atoms with van der Waals surface area (Å²) in [6, 6.07) is 0.388. The van der Waals surface area contributed by atoms with E-state index in [1.807, 2.05) is 34.6 Å². The molecule has 0 unspecified atom stereocenters. The second kappa shape index (κ2) is 6.95. The summed E-state index contributed by atoms with van der Waals surface area (Å²) in [4.78, 5) is 23.3. The van der Waals surface area contributed by atoms with Crippen LogP contribution in [0.1, 0.15) is 60.3 Å². The predicted molar refractivity (Wildman–Crippen MR) is 78.4 cm³/mol. The fraction of sp³-hybridized carbons (Fsp3) is 0.867. The van der Waals surface area contributed by atoms with Crippen LogP contribution in [0.25, 0.3) is 0 Å². The summed E-state index contributed by atoms with van der Waals surface area (Å²) in [6.07, 6.45) is 3.20. The van der Waals surface area contributed by atoms with Crippen molar-refractivity contribution in [1.82, 2.24) is 10.6 Å². The van der Waals surface area contributed by atoms with Crippen LogP contribution in [0.2, 0.25) is 0 Å². The first-order chi connectivity index (χ1) is 9.17. The number of alkyl carbamates (subject to hydrolysis) is 1. The monoisotopic (exact) mass is 284 g/mol. The second-order valence-corrected chi connectivity index (χ2v) is 6.86. The van der Waals surface area contributed by atoms with E-state index in [1.54, 1.807) is 0 Å². The molecule has 0 heterocycles. The highest BCUT2D eigenvalue weighted by molar-refractivity contribution is 5.78. The lowest BCUT2D eigenvalue weighted by Gasteiger charge is -2.30. The molecule has 1 aliphatic rings. The van der Waals surface area contributed by atoms with Gasteiger partial charge in [0.15, 0.2) is 0 Å². The van der Waals surface area contributed by atoms with Gasteiger partial charge in [0.05, 0.1) is 0 Å². The Bertz CT molecular complexity index is 340. The molecule has 2 N–H and O–H groups in total. The third-order valence-electron chi connectivity index (χ3n) is 3.32. The molecule has 0 bridgehead atoms. The summed E-state index contributed by atoms with van der Waals surface area (Å²) in [5.41, 5.74) is -0.466. The van der Waals surface area contributed by atoms with Crippen molar-refractivity contribution >= 4 is 12.0 Å². The van der Waals surface area contributed by atoms with Crippen LogP contribution in [0, 0.1) is 5.92 Å². The van der Waals surface area contributed by atoms with E-state index in [9.17, 15) is 9.59 Å². The van der Waals surface area contributed by atoms with Gasteiger partial charge in [-0.15, -0.1) is 0 Å². The van der Waals surface area contributed by atoms with Gasteiger partial charge in [-0.05, 0) is 46.5 Å². The third kappa shape index (κ3) is 6.26. The van der Waals surface area contributed by atoms with E-state index in [-0.39, 0.29) is 30.0 Å². The van der Waals surface area contributed by atoms with E-state index in [0.717, 1.165) is 25.7 Å². The summed E-state index contributed by atoms with van der Waals surface area (Å²) < 4.78 is 5.24. The lowest BCUT2D eigenvalue weighted by molar-refractivity contribution is -0.124. The van der Waals surface area contributed by atoms with Crippen LogP contribution in [-0.2, 0) is 9.53 Å².